The molecule has 2 aromatic rings. The minimum atomic E-state index is -0.0608. The molecule has 2 rings (SSSR count). The van der Waals surface area contributed by atoms with Gasteiger partial charge in [0.15, 0.2) is 0 Å². The molecular weight excluding hydrogens is 262 g/mol. The Morgan fingerprint density at radius 1 is 1.10 bits per heavy atom. The number of nitrogens with zero attached hydrogens (tertiary/aromatic N) is 2. The Balaban J connectivity index is 2.19. The number of para-hydroxylation sites is 2. The number of hydrogen-bond acceptors (Lipinski definition) is 3. The Hall–Kier alpha value is -2.80. The number of carbonyl (C=O) groups excluding carboxylic acids is 1. The van der Waals surface area contributed by atoms with Crippen LogP contribution in [0.25, 0.3) is 0 Å². The Morgan fingerprint density at radius 2 is 1.76 bits per heavy atom. The van der Waals surface area contributed by atoms with E-state index in [2.05, 4.69) is 6.07 Å². The average Bonchev–Trinajstić information content (AvgIpc) is 2.51. The third kappa shape index (κ3) is 3.83. The molecule has 0 bridgehead atoms. The summed E-state index contributed by atoms with van der Waals surface area (Å²) >= 11 is 0. The molecular formula is C17H17N3O. The second-order valence-corrected chi connectivity index (χ2v) is 4.66. The smallest absolute Gasteiger partial charge is 0.231 e. The molecule has 21 heavy (non-hydrogen) atoms. The second-order valence-electron chi connectivity index (χ2n) is 4.66. The van der Waals surface area contributed by atoms with E-state index in [4.69, 9.17) is 11.0 Å². The molecule has 0 unspecified atom stereocenters. The second kappa shape index (κ2) is 7.11. The maximum absolute atomic E-state index is 12.5. The standard InChI is InChI=1S/C17H17N3O/c18-11-6-12-20(15-8-2-1-3-9-15)17(21)13-14-7-4-5-10-16(14)19/h1-5,7-10H,6,12-13,19H2. The molecule has 0 saturated heterocycles. The van der Waals surface area contributed by atoms with Crippen LogP contribution >= 0.6 is 0 Å². The van der Waals surface area contributed by atoms with Crippen molar-refractivity contribution in [3.63, 3.8) is 0 Å². The van der Waals surface area contributed by atoms with E-state index in [-0.39, 0.29) is 12.3 Å². The SMILES string of the molecule is N#CCCN(C(=O)Cc1ccccc1N)c1ccccc1. The van der Waals surface area contributed by atoms with Crippen LogP contribution in [0.5, 0.6) is 0 Å². The van der Waals surface area contributed by atoms with E-state index < -0.39 is 0 Å². The van der Waals surface area contributed by atoms with E-state index >= 15 is 0 Å². The summed E-state index contributed by atoms with van der Waals surface area (Å²) in [5.74, 6) is -0.0608. The topological polar surface area (TPSA) is 70.1 Å². The summed E-state index contributed by atoms with van der Waals surface area (Å²) in [4.78, 5) is 14.2. The van der Waals surface area contributed by atoms with E-state index in [9.17, 15) is 4.79 Å². The predicted octanol–water partition coefficient (Wildman–Crippen LogP) is 2.76. The van der Waals surface area contributed by atoms with Gasteiger partial charge in [0.2, 0.25) is 5.91 Å². The summed E-state index contributed by atoms with van der Waals surface area (Å²) in [7, 11) is 0. The Morgan fingerprint density at radius 3 is 2.43 bits per heavy atom. The fourth-order valence-electron chi connectivity index (χ4n) is 2.12. The van der Waals surface area contributed by atoms with Crippen LogP contribution in [-0.4, -0.2) is 12.5 Å². The number of carbonyl (C=O) groups is 1. The van der Waals surface area contributed by atoms with Gasteiger partial charge in [-0.2, -0.15) is 5.26 Å². The molecule has 4 heteroatoms. The zero-order valence-electron chi connectivity index (χ0n) is 11.7. The molecule has 0 aromatic heterocycles. The Bertz CT molecular complexity index is 647. The van der Waals surface area contributed by atoms with Gasteiger partial charge in [-0.3, -0.25) is 4.79 Å². The summed E-state index contributed by atoms with van der Waals surface area (Å²) in [6.07, 6.45) is 0.526. The molecule has 0 fully saturated rings. The van der Waals surface area contributed by atoms with Gasteiger partial charge in [-0.25, -0.2) is 0 Å². The molecule has 106 valence electrons. The zero-order chi connectivity index (χ0) is 15.1. The predicted molar refractivity (Wildman–Crippen MR) is 83.6 cm³/mol. The van der Waals surface area contributed by atoms with Gasteiger partial charge in [0.25, 0.3) is 0 Å². The normalized spacial score (nSPS) is 9.86. The highest BCUT2D eigenvalue weighted by Gasteiger charge is 2.16. The van der Waals surface area contributed by atoms with E-state index in [1.54, 1.807) is 11.0 Å². The number of rotatable bonds is 5. The molecule has 0 radical (unpaired) electrons. The van der Waals surface area contributed by atoms with Gasteiger partial charge in [-0.05, 0) is 23.8 Å². The van der Waals surface area contributed by atoms with Gasteiger partial charge in [0, 0.05) is 17.9 Å². The lowest BCUT2D eigenvalue weighted by atomic mass is 10.1. The van der Waals surface area contributed by atoms with Crippen molar-refractivity contribution in [2.24, 2.45) is 0 Å². The van der Waals surface area contributed by atoms with Gasteiger partial charge in [-0.1, -0.05) is 36.4 Å². The molecule has 0 saturated carbocycles. The molecule has 0 aliphatic heterocycles. The summed E-state index contributed by atoms with van der Waals surface area (Å²) in [5.41, 5.74) is 8.10. The van der Waals surface area contributed by atoms with Crippen LogP contribution in [0.15, 0.2) is 54.6 Å². The van der Waals surface area contributed by atoms with Crippen molar-refractivity contribution in [2.75, 3.05) is 17.2 Å². The molecule has 0 atom stereocenters. The summed E-state index contributed by atoms with van der Waals surface area (Å²) in [6, 6.07) is 18.8. The molecule has 0 aliphatic carbocycles. The van der Waals surface area contributed by atoms with Crippen molar-refractivity contribution in [2.45, 2.75) is 12.8 Å². The van der Waals surface area contributed by atoms with Crippen molar-refractivity contribution in [3.05, 3.63) is 60.2 Å². The lowest BCUT2D eigenvalue weighted by Crippen LogP contribution is -2.33. The Kier molecular flexibility index (Phi) is 4.94. The van der Waals surface area contributed by atoms with Gasteiger partial charge in [-0.15, -0.1) is 0 Å². The molecule has 1 amide bonds. The fraction of sp³-hybridized carbons (Fsp3) is 0.176. The number of nitriles is 1. The van der Waals surface area contributed by atoms with Crippen LogP contribution < -0.4 is 10.6 Å². The average molecular weight is 279 g/mol. The quantitative estimate of drug-likeness (QED) is 0.855. The molecule has 0 spiro atoms. The highest BCUT2D eigenvalue weighted by atomic mass is 16.2. The van der Waals surface area contributed by atoms with Gasteiger partial charge < -0.3 is 10.6 Å². The van der Waals surface area contributed by atoms with Crippen LogP contribution in [0.2, 0.25) is 0 Å². The van der Waals surface area contributed by atoms with E-state index in [0.29, 0.717) is 18.7 Å². The molecule has 0 aliphatic rings. The Labute approximate surface area is 124 Å². The maximum atomic E-state index is 12.5. The van der Waals surface area contributed by atoms with E-state index in [1.807, 2.05) is 48.5 Å². The third-order valence-electron chi connectivity index (χ3n) is 3.21. The van der Waals surface area contributed by atoms with Crippen molar-refractivity contribution in [3.8, 4) is 6.07 Å². The first-order valence-corrected chi connectivity index (χ1v) is 6.78. The maximum Gasteiger partial charge on any atom is 0.231 e. The highest BCUT2D eigenvalue weighted by molar-refractivity contribution is 5.95. The van der Waals surface area contributed by atoms with Gasteiger partial charge in [0.05, 0.1) is 18.9 Å². The lowest BCUT2D eigenvalue weighted by Gasteiger charge is -2.22. The number of anilines is 2. The largest absolute Gasteiger partial charge is 0.398 e. The van der Waals surface area contributed by atoms with Crippen molar-refractivity contribution in [1.29, 1.82) is 5.26 Å². The monoisotopic (exact) mass is 279 g/mol. The first-order valence-electron chi connectivity index (χ1n) is 6.78. The van der Waals surface area contributed by atoms with E-state index in [0.717, 1.165) is 11.3 Å². The molecule has 4 nitrogen and oxygen atoms in total. The summed E-state index contributed by atoms with van der Waals surface area (Å²) in [5, 5.41) is 8.77. The van der Waals surface area contributed by atoms with Crippen LogP contribution in [0.3, 0.4) is 0 Å². The van der Waals surface area contributed by atoms with Gasteiger partial charge >= 0.3 is 0 Å². The van der Waals surface area contributed by atoms with Crippen molar-refractivity contribution < 1.29 is 4.79 Å². The minimum absolute atomic E-state index is 0.0608. The van der Waals surface area contributed by atoms with Gasteiger partial charge in [0.1, 0.15) is 0 Å². The summed E-state index contributed by atoms with van der Waals surface area (Å²) < 4.78 is 0. The molecule has 2 N–H and O–H groups in total. The number of nitrogen functional groups attached to an aromatic ring is 1. The number of amides is 1. The number of benzene rings is 2. The van der Waals surface area contributed by atoms with Crippen LogP contribution in [-0.2, 0) is 11.2 Å². The fourth-order valence-corrected chi connectivity index (χ4v) is 2.12. The van der Waals surface area contributed by atoms with Crippen LogP contribution in [0.1, 0.15) is 12.0 Å². The van der Waals surface area contributed by atoms with Crippen molar-refractivity contribution >= 4 is 17.3 Å². The molecule has 2 aromatic carbocycles. The first-order chi connectivity index (χ1) is 10.2. The molecule has 0 heterocycles. The minimum Gasteiger partial charge on any atom is -0.398 e. The van der Waals surface area contributed by atoms with Crippen LogP contribution in [0.4, 0.5) is 11.4 Å². The van der Waals surface area contributed by atoms with Crippen LogP contribution in [0, 0.1) is 11.3 Å². The third-order valence-corrected chi connectivity index (χ3v) is 3.21. The number of hydrogen-bond donors (Lipinski definition) is 1. The zero-order valence-corrected chi connectivity index (χ0v) is 11.7. The van der Waals surface area contributed by atoms with E-state index in [1.165, 1.54) is 0 Å². The first kappa shape index (κ1) is 14.6. The highest BCUT2D eigenvalue weighted by Crippen LogP contribution is 2.18. The lowest BCUT2D eigenvalue weighted by molar-refractivity contribution is -0.118. The number of nitrogens with two attached hydrogens (primary N) is 1. The van der Waals surface area contributed by atoms with Crippen molar-refractivity contribution in [1.82, 2.24) is 0 Å². The summed E-state index contributed by atoms with van der Waals surface area (Å²) in [6.45, 7) is 0.381.